The third-order valence-corrected chi connectivity index (χ3v) is 2.90. The van der Waals surface area contributed by atoms with Gasteiger partial charge in [0.15, 0.2) is 0 Å². The normalized spacial score (nSPS) is 13.3. The maximum Gasteiger partial charge on any atom is 0.303 e. The van der Waals surface area contributed by atoms with Crippen molar-refractivity contribution in [3.05, 3.63) is 29.3 Å². The Balaban J connectivity index is 1.88. The summed E-state index contributed by atoms with van der Waals surface area (Å²) in [6, 6.07) is 5.95. The van der Waals surface area contributed by atoms with Crippen LogP contribution in [-0.2, 0) is 22.4 Å². The SMILES string of the molecule is O=C(O)CCCCc1ccc2c(c1)CC(=O)N2. The van der Waals surface area contributed by atoms with E-state index in [2.05, 4.69) is 5.32 Å². The number of carboxylic acid groups (broad SMARTS) is 1. The van der Waals surface area contributed by atoms with Crippen molar-refractivity contribution in [1.82, 2.24) is 0 Å². The summed E-state index contributed by atoms with van der Waals surface area (Å²) in [6.45, 7) is 0. The fourth-order valence-corrected chi connectivity index (χ4v) is 2.04. The Bertz CT molecular complexity index is 454. The van der Waals surface area contributed by atoms with E-state index in [4.69, 9.17) is 5.11 Å². The molecule has 0 aliphatic carbocycles. The number of carboxylic acids is 1. The molecule has 0 unspecified atom stereocenters. The van der Waals surface area contributed by atoms with Crippen molar-refractivity contribution in [3.63, 3.8) is 0 Å². The second-order valence-electron chi connectivity index (χ2n) is 4.32. The molecule has 0 atom stereocenters. The molecule has 4 heteroatoms. The molecule has 0 spiro atoms. The molecule has 0 fully saturated rings. The standard InChI is InChI=1S/C13H15NO3/c15-12-8-10-7-9(5-6-11(10)14-12)3-1-2-4-13(16)17/h5-7H,1-4,8H2,(H,14,15)(H,16,17). The van der Waals surface area contributed by atoms with E-state index in [-0.39, 0.29) is 12.3 Å². The van der Waals surface area contributed by atoms with E-state index < -0.39 is 5.97 Å². The molecule has 1 aromatic rings. The first-order valence-corrected chi connectivity index (χ1v) is 5.78. The molecular weight excluding hydrogens is 218 g/mol. The van der Waals surface area contributed by atoms with Crippen molar-refractivity contribution in [3.8, 4) is 0 Å². The topological polar surface area (TPSA) is 66.4 Å². The Labute approximate surface area is 99.6 Å². The Morgan fingerprint density at radius 3 is 2.94 bits per heavy atom. The van der Waals surface area contributed by atoms with Gasteiger partial charge in [0, 0.05) is 12.1 Å². The zero-order valence-corrected chi connectivity index (χ0v) is 9.53. The van der Waals surface area contributed by atoms with Crippen LogP contribution in [0.3, 0.4) is 0 Å². The summed E-state index contributed by atoms with van der Waals surface area (Å²) in [6.07, 6.45) is 3.12. The molecule has 0 aromatic heterocycles. The van der Waals surface area contributed by atoms with Gasteiger partial charge in [0.2, 0.25) is 5.91 Å². The lowest BCUT2D eigenvalue weighted by molar-refractivity contribution is -0.137. The van der Waals surface area contributed by atoms with E-state index in [1.807, 2.05) is 18.2 Å². The second-order valence-corrected chi connectivity index (χ2v) is 4.32. The number of aliphatic carboxylic acids is 1. The molecule has 1 heterocycles. The van der Waals surface area contributed by atoms with Crippen molar-refractivity contribution in [1.29, 1.82) is 0 Å². The lowest BCUT2D eigenvalue weighted by atomic mass is 10.0. The molecule has 1 amide bonds. The van der Waals surface area contributed by atoms with Crippen LogP contribution in [0.2, 0.25) is 0 Å². The number of carbonyl (C=O) groups excluding carboxylic acids is 1. The molecule has 2 rings (SSSR count). The van der Waals surface area contributed by atoms with Crippen LogP contribution in [0.15, 0.2) is 18.2 Å². The molecule has 0 bridgehead atoms. The quantitative estimate of drug-likeness (QED) is 0.764. The van der Waals surface area contributed by atoms with Crippen LogP contribution in [0.4, 0.5) is 5.69 Å². The highest BCUT2D eigenvalue weighted by Gasteiger charge is 2.17. The molecule has 1 aliphatic heterocycles. The summed E-state index contributed by atoms with van der Waals surface area (Å²) in [5.74, 6) is -0.697. The van der Waals surface area contributed by atoms with Crippen LogP contribution in [0.25, 0.3) is 0 Å². The van der Waals surface area contributed by atoms with E-state index in [9.17, 15) is 9.59 Å². The average Bonchev–Trinajstić information content (AvgIpc) is 2.63. The van der Waals surface area contributed by atoms with E-state index in [1.165, 1.54) is 5.56 Å². The van der Waals surface area contributed by atoms with Crippen molar-refractivity contribution >= 4 is 17.6 Å². The number of unbranched alkanes of at least 4 members (excludes halogenated alkanes) is 1. The van der Waals surface area contributed by atoms with Crippen LogP contribution < -0.4 is 5.32 Å². The van der Waals surface area contributed by atoms with Crippen LogP contribution in [0, 0.1) is 0 Å². The molecule has 0 saturated carbocycles. The number of aryl methyl sites for hydroxylation is 1. The summed E-state index contributed by atoms with van der Waals surface area (Å²) in [4.78, 5) is 21.5. The number of amides is 1. The first kappa shape index (κ1) is 11.6. The molecule has 0 saturated heterocycles. The first-order valence-electron chi connectivity index (χ1n) is 5.78. The third-order valence-electron chi connectivity index (χ3n) is 2.90. The molecular formula is C13H15NO3. The third kappa shape index (κ3) is 3.06. The van der Waals surface area contributed by atoms with Gasteiger partial charge in [-0.15, -0.1) is 0 Å². The number of hydrogen-bond donors (Lipinski definition) is 2. The number of rotatable bonds is 5. The van der Waals surface area contributed by atoms with Gasteiger partial charge in [0.25, 0.3) is 0 Å². The van der Waals surface area contributed by atoms with Gasteiger partial charge in [0.05, 0.1) is 6.42 Å². The lowest BCUT2D eigenvalue weighted by Crippen LogP contribution is -2.03. The zero-order chi connectivity index (χ0) is 12.3. The number of hydrogen-bond acceptors (Lipinski definition) is 2. The van der Waals surface area contributed by atoms with Crippen molar-refractivity contribution in [2.75, 3.05) is 5.32 Å². The highest BCUT2D eigenvalue weighted by molar-refractivity contribution is 5.99. The van der Waals surface area contributed by atoms with Gasteiger partial charge in [-0.2, -0.15) is 0 Å². The van der Waals surface area contributed by atoms with Gasteiger partial charge in [0.1, 0.15) is 0 Å². The highest BCUT2D eigenvalue weighted by Crippen LogP contribution is 2.24. The predicted molar refractivity (Wildman–Crippen MR) is 64.0 cm³/mol. The Morgan fingerprint density at radius 2 is 2.18 bits per heavy atom. The van der Waals surface area contributed by atoms with E-state index in [1.54, 1.807) is 0 Å². The predicted octanol–water partition coefficient (Wildman–Crippen LogP) is 1.98. The summed E-state index contributed by atoms with van der Waals surface area (Å²) < 4.78 is 0. The summed E-state index contributed by atoms with van der Waals surface area (Å²) in [7, 11) is 0. The van der Waals surface area contributed by atoms with Gasteiger partial charge in [-0.1, -0.05) is 12.1 Å². The Hall–Kier alpha value is -1.84. The molecule has 2 N–H and O–H groups in total. The summed E-state index contributed by atoms with van der Waals surface area (Å²) in [5.41, 5.74) is 3.13. The minimum absolute atomic E-state index is 0.0445. The van der Waals surface area contributed by atoms with E-state index in [0.717, 1.165) is 24.1 Å². The smallest absolute Gasteiger partial charge is 0.303 e. The monoisotopic (exact) mass is 233 g/mol. The molecule has 0 radical (unpaired) electrons. The molecule has 4 nitrogen and oxygen atoms in total. The summed E-state index contributed by atoms with van der Waals surface area (Å²) in [5, 5.41) is 11.3. The van der Waals surface area contributed by atoms with Crippen molar-refractivity contribution in [2.24, 2.45) is 0 Å². The van der Waals surface area contributed by atoms with E-state index >= 15 is 0 Å². The number of carbonyl (C=O) groups is 2. The minimum Gasteiger partial charge on any atom is -0.481 e. The maximum atomic E-state index is 11.2. The molecule has 90 valence electrons. The van der Waals surface area contributed by atoms with Gasteiger partial charge in [-0.3, -0.25) is 9.59 Å². The number of nitrogens with one attached hydrogen (secondary N) is 1. The first-order chi connectivity index (χ1) is 8.15. The largest absolute Gasteiger partial charge is 0.481 e. The molecule has 1 aliphatic rings. The van der Waals surface area contributed by atoms with Gasteiger partial charge in [-0.05, 0) is 36.5 Å². The minimum atomic E-state index is -0.742. The van der Waals surface area contributed by atoms with Gasteiger partial charge >= 0.3 is 5.97 Å². The van der Waals surface area contributed by atoms with Crippen LogP contribution in [-0.4, -0.2) is 17.0 Å². The van der Waals surface area contributed by atoms with Crippen LogP contribution >= 0.6 is 0 Å². The van der Waals surface area contributed by atoms with Gasteiger partial charge in [-0.25, -0.2) is 0 Å². The molecule has 17 heavy (non-hydrogen) atoms. The maximum absolute atomic E-state index is 11.2. The summed E-state index contributed by atoms with van der Waals surface area (Å²) >= 11 is 0. The lowest BCUT2D eigenvalue weighted by Gasteiger charge is -2.03. The van der Waals surface area contributed by atoms with Gasteiger partial charge < -0.3 is 10.4 Å². The van der Waals surface area contributed by atoms with Crippen molar-refractivity contribution < 1.29 is 14.7 Å². The van der Waals surface area contributed by atoms with E-state index in [0.29, 0.717) is 12.8 Å². The Kier molecular flexibility index (Phi) is 3.42. The average molecular weight is 233 g/mol. The molecule has 1 aromatic carbocycles. The number of fused-ring (bicyclic) bond motifs is 1. The van der Waals surface area contributed by atoms with Crippen LogP contribution in [0.1, 0.15) is 30.4 Å². The fraction of sp³-hybridized carbons (Fsp3) is 0.385. The van der Waals surface area contributed by atoms with Crippen molar-refractivity contribution in [2.45, 2.75) is 32.1 Å². The van der Waals surface area contributed by atoms with Crippen LogP contribution in [0.5, 0.6) is 0 Å². The Morgan fingerprint density at radius 1 is 1.35 bits per heavy atom. The fourth-order valence-electron chi connectivity index (χ4n) is 2.04. The highest BCUT2D eigenvalue weighted by atomic mass is 16.4. The number of anilines is 1. The zero-order valence-electron chi connectivity index (χ0n) is 9.53. The number of benzene rings is 1. The second kappa shape index (κ2) is 4.99.